The van der Waals surface area contributed by atoms with Crippen molar-refractivity contribution in [1.29, 1.82) is 0 Å². The van der Waals surface area contributed by atoms with Crippen LogP contribution in [0.4, 0.5) is 14.5 Å². The minimum Gasteiger partial charge on any atom is -0.780 e. The van der Waals surface area contributed by atoms with Gasteiger partial charge in [0.2, 0.25) is 17.7 Å². The third-order valence-corrected chi connectivity index (χ3v) is 7.23. The average Bonchev–Trinajstić information content (AvgIpc) is 2.83. The van der Waals surface area contributed by atoms with Crippen molar-refractivity contribution in [1.82, 2.24) is 19.8 Å². The second kappa shape index (κ2) is 14.5. The Morgan fingerprint density at radius 1 is 1.10 bits per heavy atom. The van der Waals surface area contributed by atoms with E-state index in [1.807, 2.05) is 0 Å². The molecular weight excluding hydrogens is 597 g/mol. The Bertz CT molecular complexity index is 1380. The molecule has 0 aliphatic carbocycles. The molecule has 2 atom stereocenters. The van der Waals surface area contributed by atoms with Crippen LogP contribution in [0.15, 0.2) is 36.4 Å². The number of phosphoric acid groups is 1. The fourth-order valence-corrected chi connectivity index (χ4v) is 5.55. The van der Waals surface area contributed by atoms with Gasteiger partial charge in [0.1, 0.15) is 25.8 Å². The summed E-state index contributed by atoms with van der Waals surface area (Å²) in [7, 11) is -0.388. The molecule has 2 aromatic carbocycles. The number of carbonyl (C=O) groups is 3. The minimum absolute atomic E-state index is 0. The first kappa shape index (κ1) is 36.6. The van der Waals surface area contributed by atoms with E-state index >= 15 is 0 Å². The molecule has 2 aliphatic rings. The van der Waals surface area contributed by atoms with Crippen molar-refractivity contribution >= 4 is 31.2 Å². The molecule has 0 N–H and O–H groups in total. The van der Waals surface area contributed by atoms with Crippen LogP contribution in [0.1, 0.15) is 18.1 Å². The summed E-state index contributed by atoms with van der Waals surface area (Å²) in [6.07, 6.45) is -0.883. The van der Waals surface area contributed by atoms with Crippen LogP contribution >= 0.6 is 7.82 Å². The van der Waals surface area contributed by atoms with Crippen molar-refractivity contribution in [2.24, 2.45) is 0 Å². The van der Waals surface area contributed by atoms with E-state index in [2.05, 4.69) is 4.52 Å². The number of carbonyl (C=O) groups excluding carboxylic acids is 3. The quantitative estimate of drug-likeness (QED) is 0.218. The molecule has 216 valence electrons. The molecule has 2 fully saturated rings. The first-order valence-electron chi connectivity index (χ1n) is 12.2. The number of rotatable bonds is 7. The van der Waals surface area contributed by atoms with Crippen molar-refractivity contribution in [3.05, 3.63) is 59.2 Å². The van der Waals surface area contributed by atoms with Gasteiger partial charge in [-0.3, -0.25) is 19.4 Å². The Morgan fingerprint density at radius 2 is 1.69 bits per heavy atom. The molecule has 17 heteroatoms. The zero-order chi connectivity index (χ0) is 29.5. The fraction of sp³-hybridized carbons (Fsp3) is 0.400. The number of nitrogens with zero attached hydrogens (tertiary/aromatic N) is 5. The van der Waals surface area contributed by atoms with Crippen molar-refractivity contribution < 1.29 is 101 Å². The van der Waals surface area contributed by atoms with Crippen LogP contribution < -0.4 is 78.3 Å². The van der Waals surface area contributed by atoms with Crippen LogP contribution in [-0.2, 0) is 31.9 Å². The van der Waals surface area contributed by atoms with Gasteiger partial charge >= 0.3 is 59.1 Å². The van der Waals surface area contributed by atoms with E-state index in [-0.39, 0.29) is 103 Å². The molecule has 0 unspecified atom stereocenters. The molecule has 2 saturated heterocycles. The summed E-state index contributed by atoms with van der Waals surface area (Å²) < 4.78 is 43.5. The number of likely N-dealkylation sites (N-methyl/N-ethyl adjacent to an activating group) is 1. The molecular formula is C25H28F2N5Na2O7P. The molecule has 0 spiro atoms. The van der Waals surface area contributed by atoms with Gasteiger partial charge in [-0.05, 0) is 29.3 Å². The number of anilines is 1. The average molecular weight is 625 g/mol. The van der Waals surface area contributed by atoms with Crippen LogP contribution in [0.2, 0.25) is 0 Å². The van der Waals surface area contributed by atoms with Gasteiger partial charge in [0, 0.05) is 52.8 Å². The minimum atomic E-state index is -5.27. The molecule has 0 bridgehead atoms. The van der Waals surface area contributed by atoms with Crippen LogP contribution in [0.3, 0.4) is 0 Å². The maximum absolute atomic E-state index is 14.2. The van der Waals surface area contributed by atoms with Crippen LogP contribution in [0.25, 0.3) is 0 Å². The summed E-state index contributed by atoms with van der Waals surface area (Å²) in [5, 5.41) is 2.85. The topological polar surface area (TPSA) is 140 Å². The monoisotopic (exact) mass is 625 g/mol. The maximum atomic E-state index is 14.2. The Balaban J connectivity index is 0.00000308. The molecule has 0 saturated carbocycles. The van der Waals surface area contributed by atoms with E-state index in [9.17, 15) is 37.5 Å². The molecule has 42 heavy (non-hydrogen) atoms. The number of piperazine rings is 1. The number of fused-ring (bicyclic) bond motifs is 1. The summed E-state index contributed by atoms with van der Waals surface area (Å²) in [5.41, 5.74) is 1.20. The van der Waals surface area contributed by atoms with Crippen molar-refractivity contribution in [3.63, 3.8) is 0 Å². The summed E-state index contributed by atoms with van der Waals surface area (Å²) in [4.78, 5) is 65.9. The predicted molar refractivity (Wildman–Crippen MR) is 134 cm³/mol. The zero-order valence-electron chi connectivity index (χ0n) is 24.2. The van der Waals surface area contributed by atoms with E-state index in [0.717, 1.165) is 12.1 Å². The third kappa shape index (κ3) is 8.12. The predicted octanol–water partition coefficient (Wildman–Crippen LogP) is -5.94. The largest absolute Gasteiger partial charge is 1.00 e. The first-order valence-corrected chi connectivity index (χ1v) is 13.7. The number of amides is 3. The second-order valence-electron chi connectivity index (χ2n) is 9.87. The van der Waals surface area contributed by atoms with Crippen LogP contribution in [-0.4, -0.2) is 84.0 Å². The van der Waals surface area contributed by atoms with Gasteiger partial charge in [-0.15, -0.1) is 0 Å². The standard InChI is InChI=1S/C25H30F2N5O7P.2Na/c1-15(33)32-23-13-30(12-17-10-19(26)20(27)11-21(17)28(2)3)25(35)22(31(23)24(34)14-29(32)4)9-16-5-7-18(8-6-16)39-40(36,37)38;;/h5-8,10-11,22-23H,9,12-14H2,1-4H3,(H2,36,37,38);;/q;2*+1/p-2/t22-,23-;;/m0../s1. The number of hydrogen-bond donors (Lipinski definition) is 0. The number of hydrazine groups is 1. The molecule has 12 nitrogen and oxygen atoms in total. The molecule has 0 radical (unpaired) electrons. The summed E-state index contributed by atoms with van der Waals surface area (Å²) >= 11 is 0. The van der Waals surface area contributed by atoms with Crippen LogP contribution in [0.5, 0.6) is 5.75 Å². The van der Waals surface area contributed by atoms with E-state index in [4.69, 9.17) is 0 Å². The summed E-state index contributed by atoms with van der Waals surface area (Å²) in [5.74, 6) is -3.55. The number of halogens is 2. The third-order valence-electron chi connectivity index (χ3n) is 6.80. The Morgan fingerprint density at radius 3 is 2.24 bits per heavy atom. The van der Waals surface area contributed by atoms with Gasteiger partial charge in [-0.2, -0.15) is 0 Å². The fourth-order valence-electron chi connectivity index (χ4n) is 5.17. The van der Waals surface area contributed by atoms with E-state index < -0.39 is 37.6 Å². The normalized spacial score (nSPS) is 19.1. The van der Waals surface area contributed by atoms with Gasteiger partial charge in [0.05, 0.1) is 13.1 Å². The van der Waals surface area contributed by atoms with Crippen molar-refractivity contribution in [2.75, 3.05) is 39.1 Å². The summed E-state index contributed by atoms with van der Waals surface area (Å²) in [6.45, 7) is 0.987. The van der Waals surface area contributed by atoms with Crippen LogP contribution in [0, 0.1) is 11.6 Å². The maximum Gasteiger partial charge on any atom is 1.00 e. The Kier molecular flexibility index (Phi) is 12.6. The number of benzene rings is 2. The van der Waals surface area contributed by atoms with Crippen molar-refractivity contribution in [3.8, 4) is 5.75 Å². The summed E-state index contributed by atoms with van der Waals surface area (Å²) in [6, 6.07) is 6.38. The van der Waals surface area contributed by atoms with E-state index in [1.54, 1.807) is 26.0 Å². The molecule has 0 aromatic heterocycles. The van der Waals surface area contributed by atoms with Crippen molar-refractivity contribution in [2.45, 2.75) is 32.1 Å². The molecule has 2 aliphatic heterocycles. The van der Waals surface area contributed by atoms with E-state index in [1.165, 1.54) is 51.0 Å². The van der Waals surface area contributed by atoms with Gasteiger partial charge in [0.25, 0.3) is 0 Å². The zero-order valence-corrected chi connectivity index (χ0v) is 29.1. The Hall–Kier alpha value is -1.58. The number of phosphoric ester groups is 1. The number of hydrogen-bond acceptors (Lipinski definition) is 9. The SMILES string of the molecule is CC(=O)N1[C@H]2CN(Cc3cc(F)c(F)cc3N(C)C)C(=O)[C@H](Cc3ccc(OP(=O)([O-])[O-])cc3)N2C(=O)CN1C.[Na+].[Na+]. The first-order chi connectivity index (χ1) is 18.7. The molecule has 2 aromatic rings. The van der Waals surface area contributed by atoms with Gasteiger partial charge < -0.3 is 33.6 Å². The second-order valence-corrected chi connectivity index (χ2v) is 10.9. The van der Waals surface area contributed by atoms with Gasteiger partial charge in [-0.25, -0.2) is 13.8 Å². The molecule has 2 heterocycles. The van der Waals surface area contributed by atoms with Gasteiger partial charge in [0.15, 0.2) is 11.6 Å². The molecule has 3 amide bonds. The van der Waals surface area contributed by atoms with Gasteiger partial charge in [-0.1, -0.05) is 12.1 Å². The van der Waals surface area contributed by atoms with E-state index in [0.29, 0.717) is 16.8 Å². The smallest absolute Gasteiger partial charge is 0.780 e. The Labute approximate surface area is 286 Å². The molecule has 4 rings (SSSR count).